The van der Waals surface area contributed by atoms with E-state index >= 15 is 0 Å². The number of hydrogen-bond donors (Lipinski definition) is 2. The second kappa shape index (κ2) is 5.00. The van der Waals surface area contributed by atoms with Crippen LogP contribution in [0.5, 0.6) is 0 Å². The second-order valence-corrected chi connectivity index (χ2v) is 3.22. The Labute approximate surface area is 78.8 Å². The molecule has 2 heteroatoms. The Balaban J connectivity index is 2.89. The molecule has 0 aliphatic heterocycles. The van der Waals surface area contributed by atoms with Gasteiger partial charge in [-0.1, -0.05) is 23.8 Å². The molecule has 0 saturated heterocycles. The van der Waals surface area contributed by atoms with Crippen molar-refractivity contribution in [2.45, 2.75) is 19.8 Å². The zero-order chi connectivity index (χ0) is 9.68. The average Bonchev–Trinajstić information content (AvgIpc) is 2.10. The van der Waals surface area contributed by atoms with Crippen LogP contribution in [-0.4, -0.2) is 23.4 Å². The maximum Gasteiger partial charge on any atom is 0.0471 e. The largest absolute Gasteiger partial charge is 0.396 e. The van der Waals surface area contributed by atoms with E-state index < -0.39 is 0 Å². The zero-order valence-corrected chi connectivity index (χ0v) is 7.95. The fourth-order valence-corrected chi connectivity index (χ4v) is 1.47. The van der Waals surface area contributed by atoms with Crippen molar-refractivity contribution in [1.29, 1.82) is 0 Å². The molecule has 2 N–H and O–H groups in total. The summed E-state index contributed by atoms with van der Waals surface area (Å²) in [4.78, 5) is 0. The Morgan fingerprint density at radius 2 is 1.62 bits per heavy atom. The van der Waals surface area contributed by atoms with Gasteiger partial charge in [0.15, 0.2) is 0 Å². The highest BCUT2D eigenvalue weighted by Crippen LogP contribution is 2.12. The van der Waals surface area contributed by atoms with Crippen LogP contribution in [0.1, 0.15) is 16.7 Å². The van der Waals surface area contributed by atoms with Crippen molar-refractivity contribution in [2.75, 3.05) is 13.2 Å². The van der Waals surface area contributed by atoms with Crippen molar-refractivity contribution < 1.29 is 10.2 Å². The molecule has 0 saturated carbocycles. The van der Waals surface area contributed by atoms with E-state index in [1.54, 1.807) is 0 Å². The van der Waals surface area contributed by atoms with Gasteiger partial charge < -0.3 is 10.2 Å². The van der Waals surface area contributed by atoms with Crippen LogP contribution in [-0.2, 0) is 12.8 Å². The fourth-order valence-electron chi connectivity index (χ4n) is 1.47. The predicted molar refractivity (Wildman–Crippen MR) is 52.8 cm³/mol. The molecule has 1 aromatic rings. The molecule has 0 bridgehead atoms. The van der Waals surface area contributed by atoms with E-state index in [1.165, 1.54) is 5.56 Å². The lowest BCUT2D eigenvalue weighted by molar-refractivity contribution is 0.293. The maximum atomic E-state index is 8.84. The van der Waals surface area contributed by atoms with Crippen LogP contribution >= 0.6 is 0 Å². The molecule has 13 heavy (non-hydrogen) atoms. The number of aryl methyl sites for hydroxylation is 1. The van der Waals surface area contributed by atoms with Gasteiger partial charge in [0.05, 0.1) is 0 Å². The van der Waals surface area contributed by atoms with E-state index in [0.717, 1.165) is 11.1 Å². The van der Waals surface area contributed by atoms with E-state index in [9.17, 15) is 0 Å². The summed E-state index contributed by atoms with van der Waals surface area (Å²) in [6.07, 6.45) is 1.35. The number of aliphatic hydroxyl groups is 2. The summed E-state index contributed by atoms with van der Waals surface area (Å²) < 4.78 is 0. The van der Waals surface area contributed by atoms with Crippen molar-refractivity contribution in [3.63, 3.8) is 0 Å². The van der Waals surface area contributed by atoms with Gasteiger partial charge in [0.1, 0.15) is 0 Å². The molecule has 72 valence electrons. The summed E-state index contributed by atoms with van der Waals surface area (Å²) in [5, 5.41) is 17.7. The number of aliphatic hydroxyl groups excluding tert-OH is 2. The van der Waals surface area contributed by atoms with Crippen LogP contribution in [0.25, 0.3) is 0 Å². The molecule has 0 amide bonds. The lowest BCUT2D eigenvalue weighted by Crippen LogP contribution is -2.00. The van der Waals surface area contributed by atoms with Crippen molar-refractivity contribution >= 4 is 0 Å². The molecule has 1 aromatic carbocycles. The lowest BCUT2D eigenvalue weighted by atomic mass is 10.00. The third kappa shape index (κ3) is 2.83. The Bertz CT molecular complexity index is 269. The summed E-state index contributed by atoms with van der Waals surface area (Å²) in [6.45, 7) is 2.37. The zero-order valence-electron chi connectivity index (χ0n) is 7.95. The van der Waals surface area contributed by atoms with Crippen LogP contribution in [0.3, 0.4) is 0 Å². The highest BCUT2D eigenvalue weighted by Gasteiger charge is 2.01. The van der Waals surface area contributed by atoms with Crippen LogP contribution in [0, 0.1) is 6.92 Å². The molecule has 0 aromatic heterocycles. The Kier molecular flexibility index (Phi) is 3.93. The molecule has 0 radical (unpaired) electrons. The minimum Gasteiger partial charge on any atom is -0.396 e. The van der Waals surface area contributed by atoms with Crippen molar-refractivity contribution in [1.82, 2.24) is 0 Å². The normalized spacial score (nSPS) is 10.4. The van der Waals surface area contributed by atoms with E-state index in [4.69, 9.17) is 10.2 Å². The Morgan fingerprint density at radius 1 is 1.00 bits per heavy atom. The standard InChI is InChI=1S/C11H16O2/c1-9-2-3-10(4-6-12)11(8-9)5-7-13/h2-3,8,12-13H,4-7H2,1H3. The molecule has 0 aliphatic carbocycles. The van der Waals surface area contributed by atoms with Crippen LogP contribution in [0.2, 0.25) is 0 Å². The molecular weight excluding hydrogens is 164 g/mol. The average molecular weight is 180 g/mol. The first-order valence-electron chi connectivity index (χ1n) is 4.58. The molecule has 0 atom stereocenters. The van der Waals surface area contributed by atoms with Crippen LogP contribution in [0.15, 0.2) is 18.2 Å². The number of hydrogen-bond acceptors (Lipinski definition) is 2. The van der Waals surface area contributed by atoms with Crippen LogP contribution < -0.4 is 0 Å². The van der Waals surface area contributed by atoms with Crippen molar-refractivity contribution in [3.05, 3.63) is 34.9 Å². The minimum absolute atomic E-state index is 0.168. The highest BCUT2D eigenvalue weighted by molar-refractivity contribution is 5.31. The Hall–Kier alpha value is -0.860. The smallest absolute Gasteiger partial charge is 0.0471 e. The van der Waals surface area contributed by atoms with Crippen molar-refractivity contribution in [3.8, 4) is 0 Å². The highest BCUT2D eigenvalue weighted by atomic mass is 16.3. The van der Waals surface area contributed by atoms with E-state index in [-0.39, 0.29) is 13.2 Å². The summed E-state index contributed by atoms with van der Waals surface area (Å²) in [6, 6.07) is 6.13. The van der Waals surface area contributed by atoms with Gasteiger partial charge in [0.2, 0.25) is 0 Å². The SMILES string of the molecule is Cc1ccc(CCO)c(CCO)c1. The van der Waals surface area contributed by atoms with Gasteiger partial charge in [-0.05, 0) is 30.9 Å². The molecular formula is C11H16O2. The maximum absolute atomic E-state index is 8.84. The molecule has 0 fully saturated rings. The second-order valence-electron chi connectivity index (χ2n) is 3.22. The third-order valence-corrected chi connectivity index (χ3v) is 2.12. The summed E-state index contributed by atoms with van der Waals surface area (Å²) in [5.41, 5.74) is 3.49. The quantitative estimate of drug-likeness (QED) is 0.727. The first-order valence-corrected chi connectivity index (χ1v) is 4.58. The Morgan fingerprint density at radius 3 is 2.23 bits per heavy atom. The van der Waals surface area contributed by atoms with Gasteiger partial charge in [0, 0.05) is 13.2 Å². The molecule has 2 nitrogen and oxygen atoms in total. The predicted octanol–water partition coefficient (Wildman–Crippen LogP) is 1.06. The first-order chi connectivity index (χ1) is 6.27. The van der Waals surface area contributed by atoms with Gasteiger partial charge in [-0.25, -0.2) is 0 Å². The summed E-state index contributed by atoms with van der Waals surface area (Å²) in [7, 11) is 0. The topological polar surface area (TPSA) is 40.5 Å². The lowest BCUT2D eigenvalue weighted by Gasteiger charge is -2.07. The summed E-state index contributed by atoms with van der Waals surface area (Å²) >= 11 is 0. The molecule has 0 heterocycles. The van der Waals surface area contributed by atoms with E-state index in [2.05, 4.69) is 6.07 Å². The number of benzene rings is 1. The monoisotopic (exact) mass is 180 g/mol. The van der Waals surface area contributed by atoms with E-state index in [1.807, 2.05) is 19.1 Å². The van der Waals surface area contributed by atoms with Gasteiger partial charge in [-0.3, -0.25) is 0 Å². The third-order valence-electron chi connectivity index (χ3n) is 2.12. The summed E-state index contributed by atoms with van der Waals surface area (Å²) in [5.74, 6) is 0. The van der Waals surface area contributed by atoms with Gasteiger partial charge in [-0.2, -0.15) is 0 Å². The van der Waals surface area contributed by atoms with E-state index in [0.29, 0.717) is 12.8 Å². The van der Waals surface area contributed by atoms with Crippen LogP contribution in [0.4, 0.5) is 0 Å². The fraction of sp³-hybridized carbons (Fsp3) is 0.455. The first kappa shape index (κ1) is 10.2. The molecule has 1 rings (SSSR count). The van der Waals surface area contributed by atoms with Gasteiger partial charge >= 0.3 is 0 Å². The molecule has 0 unspecified atom stereocenters. The van der Waals surface area contributed by atoms with Crippen molar-refractivity contribution in [2.24, 2.45) is 0 Å². The minimum atomic E-state index is 0.168. The molecule has 0 aliphatic rings. The van der Waals surface area contributed by atoms with Gasteiger partial charge in [-0.15, -0.1) is 0 Å². The molecule has 0 spiro atoms. The number of rotatable bonds is 4. The van der Waals surface area contributed by atoms with Gasteiger partial charge in [0.25, 0.3) is 0 Å².